The summed E-state index contributed by atoms with van der Waals surface area (Å²) in [5, 5.41) is 12.1. The van der Waals surface area contributed by atoms with E-state index in [1.54, 1.807) is 42.2 Å². The van der Waals surface area contributed by atoms with E-state index in [0.29, 0.717) is 21.7 Å². The molecule has 160 valence electrons. The molecule has 0 spiro atoms. The molecule has 6 N–H and O–H groups in total. The van der Waals surface area contributed by atoms with Gasteiger partial charge in [0.1, 0.15) is 5.82 Å². The van der Waals surface area contributed by atoms with Gasteiger partial charge in [0.05, 0.1) is 21.5 Å². The number of thiazole rings is 1. The lowest BCUT2D eigenvalue weighted by Crippen LogP contribution is -2.73. The Kier molecular flexibility index (Phi) is 6.62. The maximum Gasteiger partial charge on any atom is 0.258 e. The quantitative estimate of drug-likeness (QED) is 0.318. The number of nitrogens with zero attached hydrogens (tertiary/aromatic N) is 2. The van der Waals surface area contributed by atoms with E-state index < -0.39 is 11.8 Å². The van der Waals surface area contributed by atoms with Crippen LogP contribution in [0.3, 0.4) is 0 Å². The van der Waals surface area contributed by atoms with Crippen molar-refractivity contribution in [3.8, 4) is 0 Å². The van der Waals surface area contributed by atoms with Crippen molar-refractivity contribution in [1.82, 2.24) is 9.97 Å². The largest absolute Gasteiger partial charge is 0.366 e. The lowest BCUT2D eigenvalue weighted by Gasteiger charge is -2.15. The third-order valence-corrected chi connectivity index (χ3v) is 7.24. The fraction of sp³-hybridized carbons (Fsp3) is 0.238. The van der Waals surface area contributed by atoms with E-state index in [1.807, 2.05) is 0 Å². The number of amides is 2. The number of pyridine rings is 1. The van der Waals surface area contributed by atoms with E-state index >= 15 is 0 Å². The molecule has 1 aliphatic rings. The molecular weight excluding hydrogens is 434 g/mol. The first kappa shape index (κ1) is 21.4. The van der Waals surface area contributed by atoms with E-state index in [-0.39, 0.29) is 11.7 Å². The fourth-order valence-electron chi connectivity index (χ4n) is 3.75. The van der Waals surface area contributed by atoms with E-state index in [4.69, 9.17) is 5.73 Å². The lowest BCUT2D eigenvalue weighted by molar-refractivity contribution is -0.825. The second-order valence-electron chi connectivity index (χ2n) is 7.26. The Labute approximate surface area is 187 Å². The highest BCUT2D eigenvalue weighted by molar-refractivity contribution is 8.01. The van der Waals surface area contributed by atoms with E-state index in [9.17, 15) is 14.8 Å². The summed E-state index contributed by atoms with van der Waals surface area (Å²) in [5.74, 6) is -0.392. The maximum atomic E-state index is 13.1. The smallest absolute Gasteiger partial charge is 0.258 e. The van der Waals surface area contributed by atoms with Crippen molar-refractivity contribution in [2.75, 3.05) is 5.32 Å². The van der Waals surface area contributed by atoms with Gasteiger partial charge in [0.25, 0.3) is 5.91 Å². The van der Waals surface area contributed by atoms with Crippen LogP contribution in [0.15, 0.2) is 51.3 Å². The number of quaternary nitrogens is 1. The molecule has 4 rings (SSSR count). The molecule has 1 saturated carbocycles. The Morgan fingerprint density at radius 3 is 2.68 bits per heavy atom. The SMILES string of the molecule is NC(=O)c1cc(NC(=O)c2cc([NH2+]O)ccc2Sc2cncs2)ncc1C1CCCC1. The van der Waals surface area contributed by atoms with Crippen LogP contribution >= 0.6 is 23.1 Å². The number of nitrogens with two attached hydrogens (primary N) is 2. The van der Waals surface area contributed by atoms with Crippen molar-refractivity contribution >= 4 is 46.4 Å². The van der Waals surface area contributed by atoms with Gasteiger partial charge in [0.15, 0.2) is 5.69 Å². The van der Waals surface area contributed by atoms with Crippen LogP contribution in [0.4, 0.5) is 11.5 Å². The van der Waals surface area contributed by atoms with Gasteiger partial charge in [-0.1, -0.05) is 24.6 Å². The molecule has 0 saturated heterocycles. The number of rotatable bonds is 7. The molecule has 0 aliphatic heterocycles. The van der Waals surface area contributed by atoms with Gasteiger partial charge in [-0.2, -0.15) is 5.48 Å². The molecular formula is C21H22N5O3S2+. The summed E-state index contributed by atoms with van der Waals surface area (Å²) in [6.07, 6.45) is 7.65. The van der Waals surface area contributed by atoms with Gasteiger partial charge >= 0.3 is 0 Å². The number of benzene rings is 1. The molecule has 0 unspecified atom stereocenters. The molecule has 10 heteroatoms. The Hall–Kier alpha value is -2.79. The standard InChI is InChI=1S/C21H21N5O3S2/c22-20(27)14-8-18(24-9-16(14)12-3-1-2-4-12)25-21(28)15-7-13(26-29)5-6-17(15)31-19-10-23-11-30-19/h5-12,26,29H,1-4H2,(H2,22,27)(H,24,25,28)/p+1. The number of primary amides is 1. The number of hydrogen-bond acceptors (Lipinski definition) is 7. The van der Waals surface area contributed by atoms with Crippen LogP contribution in [0.25, 0.3) is 0 Å². The van der Waals surface area contributed by atoms with Crippen molar-refractivity contribution in [3.05, 3.63) is 58.9 Å². The predicted octanol–water partition coefficient (Wildman–Crippen LogP) is 3.28. The summed E-state index contributed by atoms with van der Waals surface area (Å²) < 4.78 is 0.935. The predicted molar refractivity (Wildman–Crippen MR) is 118 cm³/mol. The molecule has 31 heavy (non-hydrogen) atoms. The Bertz CT molecular complexity index is 1100. The molecule has 0 bridgehead atoms. The number of carbonyl (C=O) groups excluding carboxylic acids is 2. The highest BCUT2D eigenvalue weighted by Gasteiger charge is 2.23. The molecule has 0 radical (unpaired) electrons. The highest BCUT2D eigenvalue weighted by Crippen LogP contribution is 2.36. The zero-order valence-corrected chi connectivity index (χ0v) is 18.2. The van der Waals surface area contributed by atoms with Crippen LogP contribution < -0.4 is 16.5 Å². The zero-order chi connectivity index (χ0) is 21.8. The Balaban J connectivity index is 1.61. The number of carbonyl (C=O) groups is 2. The van der Waals surface area contributed by atoms with Crippen LogP contribution in [0.2, 0.25) is 0 Å². The minimum Gasteiger partial charge on any atom is -0.366 e. The average Bonchev–Trinajstić information content (AvgIpc) is 3.48. The van der Waals surface area contributed by atoms with Gasteiger partial charge in [-0.3, -0.25) is 14.6 Å². The monoisotopic (exact) mass is 456 g/mol. The summed E-state index contributed by atoms with van der Waals surface area (Å²) in [5.41, 5.74) is 10.4. The van der Waals surface area contributed by atoms with E-state index in [2.05, 4.69) is 15.3 Å². The van der Waals surface area contributed by atoms with E-state index in [1.165, 1.54) is 23.1 Å². The van der Waals surface area contributed by atoms with Crippen molar-refractivity contribution < 1.29 is 20.3 Å². The van der Waals surface area contributed by atoms with Gasteiger partial charge in [0.2, 0.25) is 5.91 Å². The fourth-order valence-corrected chi connectivity index (χ4v) is 5.42. The minimum absolute atomic E-state index is 0.257. The van der Waals surface area contributed by atoms with Crippen molar-refractivity contribution in [1.29, 1.82) is 0 Å². The zero-order valence-electron chi connectivity index (χ0n) is 16.6. The molecule has 2 amide bonds. The van der Waals surface area contributed by atoms with Crippen LogP contribution in [-0.4, -0.2) is 27.0 Å². The minimum atomic E-state index is -0.530. The van der Waals surface area contributed by atoms with Crippen LogP contribution in [0.5, 0.6) is 0 Å². The maximum absolute atomic E-state index is 13.1. The first-order chi connectivity index (χ1) is 15.0. The third kappa shape index (κ3) is 4.93. The third-order valence-electron chi connectivity index (χ3n) is 5.25. The second-order valence-corrected chi connectivity index (χ2v) is 9.49. The number of hydrogen-bond donors (Lipinski definition) is 4. The number of aromatic nitrogens is 2. The topological polar surface area (TPSA) is 135 Å². The normalized spacial score (nSPS) is 14.0. The number of nitrogens with one attached hydrogen (secondary N) is 1. The lowest BCUT2D eigenvalue weighted by atomic mass is 9.94. The first-order valence-corrected chi connectivity index (χ1v) is 11.5. The second kappa shape index (κ2) is 9.56. The van der Waals surface area contributed by atoms with Crippen molar-refractivity contribution in [2.45, 2.75) is 40.7 Å². The summed E-state index contributed by atoms with van der Waals surface area (Å²) in [7, 11) is 0. The van der Waals surface area contributed by atoms with Crippen LogP contribution in [-0.2, 0) is 0 Å². The van der Waals surface area contributed by atoms with Gasteiger partial charge in [0, 0.05) is 28.8 Å². The highest BCUT2D eigenvalue weighted by atomic mass is 32.2. The Morgan fingerprint density at radius 1 is 1.19 bits per heavy atom. The molecule has 1 aliphatic carbocycles. The molecule has 0 atom stereocenters. The van der Waals surface area contributed by atoms with Crippen molar-refractivity contribution in [2.24, 2.45) is 5.73 Å². The first-order valence-electron chi connectivity index (χ1n) is 9.84. The molecule has 8 nitrogen and oxygen atoms in total. The molecule has 2 heterocycles. The Morgan fingerprint density at radius 2 is 2.00 bits per heavy atom. The van der Waals surface area contributed by atoms with E-state index in [0.717, 1.165) is 40.9 Å². The summed E-state index contributed by atoms with van der Waals surface area (Å²) in [4.78, 5) is 34.2. The van der Waals surface area contributed by atoms with Gasteiger partial charge in [-0.05, 0) is 36.5 Å². The molecule has 2 aromatic heterocycles. The summed E-state index contributed by atoms with van der Waals surface area (Å²) >= 11 is 2.88. The molecule has 3 aromatic rings. The van der Waals surface area contributed by atoms with Gasteiger partial charge < -0.3 is 11.1 Å². The molecule has 1 fully saturated rings. The number of anilines is 1. The van der Waals surface area contributed by atoms with Gasteiger partial charge in [-0.25, -0.2) is 10.2 Å². The van der Waals surface area contributed by atoms with Crippen molar-refractivity contribution in [3.63, 3.8) is 0 Å². The summed E-state index contributed by atoms with van der Waals surface area (Å²) in [6.45, 7) is 0. The van der Waals surface area contributed by atoms with Gasteiger partial charge in [-0.15, -0.1) is 11.3 Å². The average molecular weight is 457 g/mol. The molecule has 1 aromatic carbocycles. The van der Waals surface area contributed by atoms with Crippen LogP contribution in [0, 0.1) is 0 Å². The summed E-state index contributed by atoms with van der Waals surface area (Å²) in [6, 6.07) is 6.64. The van der Waals surface area contributed by atoms with Crippen LogP contribution in [0.1, 0.15) is 57.9 Å².